The van der Waals surface area contributed by atoms with E-state index in [0.29, 0.717) is 17.4 Å². The van der Waals surface area contributed by atoms with Gasteiger partial charge in [0, 0.05) is 29.6 Å². The average molecular weight is 370 g/mol. The zero-order valence-electron chi connectivity index (χ0n) is 16.9. The quantitative estimate of drug-likeness (QED) is 0.498. The number of anilines is 3. The van der Waals surface area contributed by atoms with Gasteiger partial charge in [0.15, 0.2) is 0 Å². The van der Waals surface area contributed by atoms with Gasteiger partial charge >= 0.3 is 0 Å². The largest absolute Gasteiger partial charge is 0.381 e. The number of hydrogen-bond acceptors (Lipinski definition) is 2. The maximum Gasteiger partial charge on any atom is 0.0641 e. The molecule has 3 atom stereocenters. The van der Waals surface area contributed by atoms with E-state index in [0.717, 1.165) is 0 Å². The molecular formula is C26H27NO. The monoisotopic (exact) mass is 369 g/mol. The maximum absolute atomic E-state index is 5.58. The summed E-state index contributed by atoms with van der Waals surface area (Å²) in [6, 6.07) is 26.6. The summed E-state index contributed by atoms with van der Waals surface area (Å²) in [5, 5.41) is 0. The second kappa shape index (κ2) is 6.49. The van der Waals surface area contributed by atoms with Gasteiger partial charge < -0.3 is 9.64 Å². The van der Waals surface area contributed by atoms with Crippen molar-refractivity contribution in [3.05, 3.63) is 89.5 Å². The van der Waals surface area contributed by atoms with Crippen LogP contribution in [0.25, 0.3) is 0 Å². The Morgan fingerprint density at radius 3 is 1.89 bits per heavy atom. The first-order valence-electron chi connectivity index (χ1n) is 10.2. The van der Waals surface area contributed by atoms with Crippen LogP contribution in [0.1, 0.15) is 35.4 Å². The molecule has 2 heteroatoms. The number of ether oxygens (including phenoxy) is 1. The zero-order chi connectivity index (χ0) is 19.3. The minimum Gasteiger partial charge on any atom is -0.381 e. The van der Waals surface area contributed by atoms with Crippen LogP contribution in [0.4, 0.5) is 17.1 Å². The smallest absolute Gasteiger partial charge is 0.0641 e. The molecule has 0 radical (unpaired) electrons. The Kier molecular flexibility index (Phi) is 4.06. The Labute approximate surface area is 167 Å². The average Bonchev–Trinajstić information content (AvgIpc) is 3.60. The number of methoxy groups -OCH3 is 1. The van der Waals surface area contributed by atoms with E-state index in [1.54, 1.807) is 0 Å². The summed E-state index contributed by atoms with van der Waals surface area (Å²) < 4.78 is 5.58. The van der Waals surface area contributed by atoms with Gasteiger partial charge in [0.25, 0.3) is 0 Å². The molecule has 2 nitrogen and oxygen atoms in total. The van der Waals surface area contributed by atoms with Crippen LogP contribution in [-0.2, 0) is 4.74 Å². The van der Waals surface area contributed by atoms with E-state index in [-0.39, 0.29) is 0 Å². The number of rotatable bonds is 5. The highest BCUT2D eigenvalue weighted by molar-refractivity contribution is 5.77. The van der Waals surface area contributed by atoms with Crippen molar-refractivity contribution in [1.29, 1.82) is 0 Å². The molecule has 0 amide bonds. The molecule has 0 N–H and O–H groups in total. The fraction of sp³-hybridized carbons (Fsp3) is 0.308. The van der Waals surface area contributed by atoms with Crippen molar-refractivity contribution in [2.75, 3.05) is 12.0 Å². The number of hydrogen-bond donors (Lipinski definition) is 0. The fourth-order valence-corrected chi connectivity index (χ4v) is 4.79. The Hall–Kier alpha value is -2.58. The molecule has 2 saturated carbocycles. The Balaban J connectivity index is 1.49. The van der Waals surface area contributed by atoms with Crippen molar-refractivity contribution in [2.45, 2.75) is 38.7 Å². The molecule has 142 valence electrons. The lowest BCUT2D eigenvalue weighted by Crippen LogP contribution is -2.10. The molecule has 5 rings (SSSR count). The molecular weight excluding hydrogens is 342 g/mol. The van der Waals surface area contributed by atoms with Crippen LogP contribution in [0.3, 0.4) is 0 Å². The van der Waals surface area contributed by atoms with E-state index >= 15 is 0 Å². The molecule has 2 fully saturated rings. The van der Waals surface area contributed by atoms with Crippen molar-refractivity contribution >= 4 is 17.1 Å². The van der Waals surface area contributed by atoms with Crippen molar-refractivity contribution in [3.8, 4) is 0 Å². The number of benzene rings is 3. The fourth-order valence-electron chi connectivity index (χ4n) is 4.79. The minimum atomic E-state index is 0.461. The van der Waals surface area contributed by atoms with E-state index in [9.17, 15) is 0 Å². The predicted molar refractivity (Wildman–Crippen MR) is 116 cm³/mol. The van der Waals surface area contributed by atoms with Crippen LogP contribution < -0.4 is 4.90 Å². The molecule has 2 aliphatic rings. The van der Waals surface area contributed by atoms with Crippen LogP contribution in [0.5, 0.6) is 0 Å². The van der Waals surface area contributed by atoms with Crippen LogP contribution in [0.15, 0.2) is 72.8 Å². The lowest BCUT2D eigenvalue weighted by molar-refractivity contribution is 0.164. The van der Waals surface area contributed by atoms with Gasteiger partial charge in [-0.1, -0.05) is 36.4 Å². The van der Waals surface area contributed by atoms with Crippen LogP contribution in [0, 0.1) is 19.3 Å². The number of aryl methyl sites for hydroxylation is 2. The lowest BCUT2D eigenvalue weighted by Gasteiger charge is -2.26. The van der Waals surface area contributed by atoms with Crippen molar-refractivity contribution in [1.82, 2.24) is 0 Å². The standard InChI is InChI=1S/C26H27NO/c1-18-6-4-8-22(14-18)27(23-9-5-7-19(2)15-23)21-12-10-20(11-13-21)24-16-26(24)17-25(26)28-3/h4-15,24-25H,16-17H2,1-3H3. The first kappa shape index (κ1) is 17.5. The molecule has 28 heavy (non-hydrogen) atoms. The third-order valence-corrected chi connectivity index (χ3v) is 6.52. The highest BCUT2D eigenvalue weighted by Crippen LogP contribution is 2.75. The predicted octanol–water partition coefficient (Wildman–Crippen LogP) is 6.67. The summed E-state index contributed by atoms with van der Waals surface area (Å²) in [6.45, 7) is 4.30. The normalized spacial score (nSPS) is 25.0. The molecule has 3 aromatic rings. The van der Waals surface area contributed by atoms with E-state index in [1.807, 2.05) is 7.11 Å². The zero-order valence-corrected chi connectivity index (χ0v) is 16.9. The van der Waals surface area contributed by atoms with Gasteiger partial charge in [-0.05, 0) is 85.7 Å². The van der Waals surface area contributed by atoms with Gasteiger partial charge in [-0.15, -0.1) is 0 Å². The topological polar surface area (TPSA) is 12.5 Å². The van der Waals surface area contributed by atoms with E-state index < -0.39 is 0 Å². The molecule has 3 aromatic carbocycles. The van der Waals surface area contributed by atoms with Gasteiger partial charge in [-0.2, -0.15) is 0 Å². The van der Waals surface area contributed by atoms with Gasteiger partial charge in [0.2, 0.25) is 0 Å². The van der Waals surface area contributed by atoms with Crippen LogP contribution in [-0.4, -0.2) is 13.2 Å². The molecule has 1 spiro atoms. The lowest BCUT2D eigenvalue weighted by atomic mass is 10.1. The molecule has 0 aromatic heterocycles. The van der Waals surface area contributed by atoms with Gasteiger partial charge in [0.05, 0.1) is 6.10 Å². The second-order valence-electron chi connectivity index (χ2n) is 8.52. The maximum atomic E-state index is 5.58. The van der Waals surface area contributed by atoms with Crippen molar-refractivity contribution in [2.24, 2.45) is 5.41 Å². The molecule has 0 aliphatic heterocycles. The SMILES string of the molecule is COC1CC12CC2c1ccc(N(c2cccc(C)c2)c2cccc(C)c2)cc1. The van der Waals surface area contributed by atoms with E-state index in [4.69, 9.17) is 4.74 Å². The first-order valence-corrected chi connectivity index (χ1v) is 10.2. The van der Waals surface area contributed by atoms with Crippen molar-refractivity contribution in [3.63, 3.8) is 0 Å². The third kappa shape index (κ3) is 2.93. The van der Waals surface area contributed by atoms with Gasteiger partial charge in [-0.25, -0.2) is 0 Å². The van der Waals surface area contributed by atoms with Crippen LogP contribution >= 0.6 is 0 Å². The molecule has 2 aliphatic carbocycles. The second-order valence-corrected chi connectivity index (χ2v) is 8.52. The first-order chi connectivity index (χ1) is 13.6. The van der Waals surface area contributed by atoms with Crippen LogP contribution in [0.2, 0.25) is 0 Å². The highest BCUT2D eigenvalue weighted by Gasteiger charge is 2.71. The molecule has 0 bridgehead atoms. The summed E-state index contributed by atoms with van der Waals surface area (Å²) >= 11 is 0. The van der Waals surface area contributed by atoms with Crippen molar-refractivity contribution < 1.29 is 4.74 Å². The Morgan fingerprint density at radius 2 is 1.39 bits per heavy atom. The number of nitrogens with zero attached hydrogens (tertiary/aromatic N) is 1. The summed E-state index contributed by atoms with van der Waals surface area (Å²) in [4.78, 5) is 2.35. The third-order valence-electron chi connectivity index (χ3n) is 6.52. The van der Waals surface area contributed by atoms with Gasteiger partial charge in [0.1, 0.15) is 0 Å². The summed E-state index contributed by atoms with van der Waals surface area (Å²) in [5.74, 6) is 0.679. The summed E-state index contributed by atoms with van der Waals surface area (Å²) in [5.41, 5.74) is 8.05. The molecule has 3 unspecified atom stereocenters. The summed E-state index contributed by atoms with van der Waals surface area (Å²) in [7, 11) is 1.85. The van der Waals surface area contributed by atoms with Gasteiger partial charge in [-0.3, -0.25) is 0 Å². The Morgan fingerprint density at radius 1 is 0.786 bits per heavy atom. The van der Waals surface area contributed by atoms with E-state index in [2.05, 4.69) is 91.5 Å². The Bertz CT molecular complexity index is 963. The minimum absolute atomic E-state index is 0.461. The summed E-state index contributed by atoms with van der Waals surface area (Å²) in [6.07, 6.45) is 2.99. The molecule has 0 heterocycles. The highest BCUT2D eigenvalue weighted by atomic mass is 16.5. The molecule has 0 saturated heterocycles. The van der Waals surface area contributed by atoms with E-state index in [1.165, 1.54) is 46.6 Å².